The molecule has 0 radical (unpaired) electrons. The van der Waals surface area contributed by atoms with Crippen molar-refractivity contribution in [3.63, 3.8) is 0 Å². The van der Waals surface area contributed by atoms with Gasteiger partial charge in [0.2, 0.25) is 5.91 Å². The highest BCUT2D eigenvalue weighted by atomic mass is 16.1. The SMILES string of the molecule is CC(C)[C@H](C(=O)NCc1ccccc1)C(C)(C)C. The van der Waals surface area contributed by atoms with Crippen LogP contribution in [0.4, 0.5) is 0 Å². The van der Waals surface area contributed by atoms with Crippen molar-refractivity contribution in [2.24, 2.45) is 17.3 Å². The van der Waals surface area contributed by atoms with Crippen molar-refractivity contribution in [1.29, 1.82) is 0 Å². The van der Waals surface area contributed by atoms with Crippen molar-refractivity contribution in [2.45, 2.75) is 41.2 Å². The van der Waals surface area contributed by atoms with Crippen molar-refractivity contribution in [2.75, 3.05) is 0 Å². The van der Waals surface area contributed by atoms with Crippen LogP contribution in [0.15, 0.2) is 30.3 Å². The summed E-state index contributed by atoms with van der Waals surface area (Å²) in [5, 5.41) is 3.05. The van der Waals surface area contributed by atoms with E-state index < -0.39 is 0 Å². The second-order valence-electron chi connectivity index (χ2n) is 6.29. The molecule has 0 spiro atoms. The number of hydrogen-bond acceptors (Lipinski definition) is 1. The fourth-order valence-corrected chi connectivity index (χ4v) is 2.59. The monoisotopic (exact) mass is 247 g/mol. The first-order valence-electron chi connectivity index (χ1n) is 6.64. The second kappa shape index (κ2) is 6.03. The molecule has 0 saturated heterocycles. The minimum Gasteiger partial charge on any atom is -0.352 e. The van der Waals surface area contributed by atoms with Crippen LogP contribution in [0.2, 0.25) is 0 Å². The standard InChI is InChI=1S/C16H25NO/c1-12(2)14(16(3,4)5)15(18)17-11-13-9-7-6-8-10-13/h6-10,12,14H,11H2,1-5H3,(H,17,18)/t14-/m1/s1. The van der Waals surface area contributed by atoms with Gasteiger partial charge in [0.25, 0.3) is 0 Å². The van der Waals surface area contributed by atoms with Crippen molar-refractivity contribution in [3.8, 4) is 0 Å². The zero-order chi connectivity index (χ0) is 13.8. The van der Waals surface area contributed by atoms with Crippen molar-refractivity contribution < 1.29 is 4.79 Å². The third kappa shape index (κ3) is 4.17. The van der Waals surface area contributed by atoms with Crippen LogP contribution in [0.5, 0.6) is 0 Å². The molecule has 0 fully saturated rings. The maximum absolute atomic E-state index is 12.3. The van der Waals surface area contributed by atoms with Crippen LogP contribution in [0.1, 0.15) is 40.2 Å². The molecule has 1 atom stereocenters. The largest absolute Gasteiger partial charge is 0.352 e. The van der Waals surface area contributed by atoms with Gasteiger partial charge in [-0.3, -0.25) is 4.79 Å². The molecule has 0 unspecified atom stereocenters. The summed E-state index contributed by atoms with van der Waals surface area (Å²) in [7, 11) is 0. The molecule has 1 amide bonds. The zero-order valence-corrected chi connectivity index (χ0v) is 12.2. The summed E-state index contributed by atoms with van der Waals surface area (Å²) >= 11 is 0. The smallest absolute Gasteiger partial charge is 0.224 e. The molecule has 0 aliphatic heterocycles. The fourth-order valence-electron chi connectivity index (χ4n) is 2.59. The van der Waals surface area contributed by atoms with Gasteiger partial charge in [-0.15, -0.1) is 0 Å². The molecule has 2 heteroatoms. The molecule has 0 saturated carbocycles. The average Bonchev–Trinajstić information content (AvgIpc) is 2.25. The predicted molar refractivity (Wildman–Crippen MR) is 76.1 cm³/mol. The lowest BCUT2D eigenvalue weighted by Gasteiger charge is -2.32. The summed E-state index contributed by atoms with van der Waals surface area (Å²) in [5.74, 6) is 0.545. The highest BCUT2D eigenvalue weighted by Gasteiger charge is 2.33. The fraction of sp³-hybridized carbons (Fsp3) is 0.562. The minimum absolute atomic E-state index is 0.00502. The van der Waals surface area contributed by atoms with E-state index in [9.17, 15) is 4.79 Å². The van der Waals surface area contributed by atoms with Gasteiger partial charge >= 0.3 is 0 Å². The van der Waals surface area contributed by atoms with Crippen LogP contribution in [-0.4, -0.2) is 5.91 Å². The van der Waals surface area contributed by atoms with E-state index in [-0.39, 0.29) is 17.2 Å². The van der Waals surface area contributed by atoms with Gasteiger partial charge in [-0.25, -0.2) is 0 Å². The number of carbonyl (C=O) groups excluding carboxylic acids is 1. The number of carbonyl (C=O) groups is 1. The Kier molecular flexibility index (Phi) is 4.94. The van der Waals surface area contributed by atoms with Gasteiger partial charge in [-0.1, -0.05) is 65.0 Å². The first-order valence-corrected chi connectivity index (χ1v) is 6.64. The van der Waals surface area contributed by atoms with E-state index >= 15 is 0 Å². The molecule has 0 aliphatic rings. The van der Waals surface area contributed by atoms with E-state index in [0.29, 0.717) is 12.5 Å². The Balaban J connectivity index is 2.64. The van der Waals surface area contributed by atoms with E-state index in [1.54, 1.807) is 0 Å². The maximum atomic E-state index is 12.3. The summed E-state index contributed by atoms with van der Waals surface area (Å²) < 4.78 is 0. The molecule has 0 aliphatic carbocycles. The maximum Gasteiger partial charge on any atom is 0.224 e. The lowest BCUT2D eigenvalue weighted by Crippen LogP contribution is -2.40. The molecule has 2 nitrogen and oxygen atoms in total. The molecule has 1 aromatic rings. The van der Waals surface area contributed by atoms with Gasteiger partial charge < -0.3 is 5.32 Å². The first-order chi connectivity index (χ1) is 8.32. The lowest BCUT2D eigenvalue weighted by molar-refractivity contribution is -0.130. The van der Waals surface area contributed by atoms with Gasteiger partial charge in [0.15, 0.2) is 0 Å². The Morgan fingerprint density at radius 2 is 1.72 bits per heavy atom. The van der Waals surface area contributed by atoms with Gasteiger partial charge in [0.1, 0.15) is 0 Å². The normalized spacial score (nSPS) is 13.4. The van der Waals surface area contributed by atoms with Gasteiger partial charge in [0, 0.05) is 12.5 Å². The van der Waals surface area contributed by atoms with Crippen LogP contribution in [0.25, 0.3) is 0 Å². The van der Waals surface area contributed by atoms with E-state index in [4.69, 9.17) is 0 Å². The lowest BCUT2D eigenvalue weighted by atomic mass is 9.74. The molecule has 1 rings (SSSR count). The number of amides is 1. The topological polar surface area (TPSA) is 29.1 Å². The first kappa shape index (κ1) is 14.7. The average molecular weight is 247 g/mol. The van der Waals surface area contributed by atoms with E-state index in [2.05, 4.69) is 39.9 Å². The highest BCUT2D eigenvalue weighted by Crippen LogP contribution is 2.32. The van der Waals surface area contributed by atoms with Crippen LogP contribution in [0, 0.1) is 17.3 Å². The van der Waals surface area contributed by atoms with Crippen LogP contribution in [-0.2, 0) is 11.3 Å². The van der Waals surface area contributed by atoms with Crippen molar-refractivity contribution >= 4 is 5.91 Å². The zero-order valence-electron chi connectivity index (χ0n) is 12.2. The Labute approximate surface area is 111 Å². The Morgan fingerprint density at radius 1 is 1.17 bits per heavy atom. The Hall–Kier alpha value is -1.31. The second-order valence-corrected chi connectivity index (χ2v) is 6.29. The minimum atomic E-state index is -0.00502. The van der Waals surface area contributed by atoms with E-state index in [0.717, 1.165) is 5.56 Å². The van der Waals surface area contributed by atoms with Gasteiger partial charge in [0.05, 0.1) is 0 Å². The number of nitrogens with one attached hydrogen (secondary N) is 1. The molecular weight excluding hydrogens is 222 g/mol. The Morgan fingerprint density at radius 3 is 2.17 bits per heavy atom. The van der Waals surface area contributed by atoms with Crippen LogP contribution < -0.4 is 5.32 Å². The summed E-state index contributed by atoms with van der Waals surface area (Å²) in [4.78, 5) is 12.3. The van der Waals surface area contributed by atoms with Crippen molar-refractivity contribution in [1.82, 2.24) is 5.32 Å². The number of benzene rings is 1. The Bertz CT molecular complexity index is 376. The summed E-state index contributed by atoms with van der Waals surface area (Å²) in [6, 6.07) is 10.0. The van der Waals surface area contributed by atoms with E-state index in [1.165, 1.54) is 0 Å². The third-order valence-electron chi connectivity index (χ3n) is 3.19. The molecule has 18 heavy (non-hydrogen) atoms. The van der Waals surface area contributed by atoms with Gasteiger partial charge in [-0.05, 0) is 16.9 Å². The highest BCUT2D eigenvalue weighted by molar-refractivity contribution is 5.79. The molecule has 1 aromatic carbocycles. The molecule has 1 N–H and O–H groups in total. The quantitative estimate of drug-likeness (QED) is 0.865. The molecule has 0 heterocycles. The molecule has 100 valence electrons. The predicted octanol–water partition coefficient (Wildman–Crippen LogP) is 3.62. The van der Waals surface area contributed by atoms with Crippen LogP contribution >= 0.6 is 0 Å². The summed E-state index contributed by atoms with van der Waals surface area (Å²) in [6.45, 7) is 11.2. The summed E-state index contributed by atoms with van der Waals surface area (Å²) in [6.07, 6.45) is 0. The van der Waals surface area contributed by atoms with E-state index in [1.807, 2.05) is 30.3 Å². The van der Waals surface area contributed by atoms with Crippen molar-refractivity contribution in [3.05, 3.63) is 35.9 Å². The molecule has 0 aromatic heterocycles. The van der Waals surface area contributed by atoms with Crippen LogP contribution in [0.3, 0.4) is 0 Å². The summed E-state index contributed by atoms with van der Waals surface area (Å²) in [5.41, 5.74) is 1.14. The van der Waals surface area contributed by atoms with Gasteiger partial charge in [-0.2, -0.15) is 0 Å². The molecule has 0 bridgehead atoms. The number of rotatable bonds is 4. The number of hydrogen-bond donors (Lipinski definition) is 1. The molecular formula is C16H25NO. The third-order valence-corrected chi connectivity index (χ3v) is 3.19.